The first-order valence-corrected chi connectivity index (χ1v) is 13.4. The largest absolute Gasteiger partial charge is 0.497 e. The van der Waals surface area contributed by atoms with Crippen LogP contribution in [-0.2, 0) is 6.42 Å². The van der Waals surface area contributed by atoms with E-state index in [1.54, 1.807) is 55.8 Å². The summed E-state index contributed by atoms with van der Waals surface area (Å²) in [6.07, 6.45) is 4.15. The maximum atomic E-state index is 13.2. The third-order valence-electron chi connectivity index (χ3n) is 6.39. The van der Waals surface area contributed by atoms with Crippen molar-refractivity contribution in [1.82, 2.24) is 10.3 Å². The zero-order chi connectivity index (χ0) is 27.4. The molecule has 1 aliphatic rings. The summed E-state index contributed by atoms with van der Waals surface area (Å²) < 4.78 is 5.40. The molecule has 0 saturated heterocycles. The van der Waals surface area contributed by atoms with Gasteiger partial charge in [0.1, 0.15) is 10.8 Å². The van der Waals surface area contributed by atoms with Crippen molar-refractivity contribution in [2.24, 2.45) is 0 Å². The van der Waals surface area contributed by atoms with Crippen molar-refractivity contribution >= 4 is 34.8 Å². The van der Waals surface area contributed by atoms with E-state index in [2.05, 4.69) is 35.5 Å². The predicted octanol–water partition coefficient (Wildman–Crippen LogP) is 6.64. The SMILES string of the molecule is COc1ccc2c(c1)C(=CC(=O)c1ccc(NC(=O)c3cccnc3Sc3ccccc3)cc1)NC(C)(C)C2. The van der Waals surface area contributed by atoms with E-state index >= 15 is 0 Å². The third kappa shape index (κ3) is 6.21. The number of ketones is 1. The Morgan fingerprint density at radius 3 is 2.51 bits per heavy atom. The van der Waals surface area contributed by atoms with Crippen molar-refractivity contribution in [3.63, 3.8) is 0 Å². The van der Waals surface area contributed by atoms with E-state index in [9.17, 15) is 9.59 Å². The minimum Gasteiger partial charge on any atom is -0.497 e. The topological polar surface area (TPSA) is 80.3 Å². The Morgan fingerprint density at radius 2 is 1.77 bits per heavy atom. The van der Waals surface area contributed by atoms with Gasteiger partial charge in [-0.25, -0.2) is 4.98 Å². The summed E-state index contributed by atoms with van der Waals surface area (Å²) in [6.45, 7) is 4.23. The highest BCUT2D eigenvalue weighted by molar-refractivity contribution is 7.99. The first-order chi connectivity index (χ1) is 18.8. The van der Waals surface area contributed by atoms with Crippen LogP contribution in [0.4, 0.5) is 5.69 Å². The van der Waals surface area contributed by atoms with Gasteiger partial charge in [0.15, 0.2) is 5.78 Å². The molecule has 2 heterocycles. The molecule has 0 atom stereocenters. The number of ether oxygens (including phenoxy) is 1. The number of anilines is 1. The van der Waals surface area contributed by atoms with E-state index in [4.69, 9.17) is 4.74 Å². The molecule has 6 nitrogen and oxygen atoms in total. The molecule has 1 aromatic heterocycles. The normalized spacial score (nSPS) is 14.7. The molecular weight excluding hydrogens is 506 g/mol. The van der Waals surface area contributed by atoms with Gasteiger partial charge in [-0.05, 0) is 86.5 Å². The summed E-state index contributed by atoms with van der Waals surface area (Å²) in [6, 6.07) is 26.2. The van der Waals surface area contributed by atoms with Crippen LogP contribution in [0.15, 0.2) is 107 Å². The van der Waals surface area contributed by atoms with E-state index in [1.807, 2.05) is 42.5 Å². The number of nitrogens with one attached hydrogen (secondary N) is 2. The van der Waals surface area contributed by atoms with Gasteiger partial charge in [-0.15, -0.1) is 0 Å². The smallest absolute Gasteiger partial charge is 0.258 e. The van der Waals surface area contributed by atoms with E-state index in [0.29, 0.717) is 21.8 Å². The zero-order valence-electron chi connectivity index (χ0n) is 22.0. The molecule has 196 valence electrons. The molecule has 4 aromatic rings. The van der Waals surface area contributed by atoms with Crippen LogP contribution in [0.5, 0.6) is 5.75 Å². The highest BCUT2D eigenvalue weighted by Gasteiger charge is 2.28. The molecule has 0 saturated carbocycles. The molecule has 2 N–H and O–H groups in total. The van der Waals surface area contributed by atoms with Crippen LogP contribution in [0.25, 0.3) is 5.70 Å². The number of methoxy groups -OCH3 is 1. The second-order valence-electron chi connectivity index (χ2n) is 9.93. The van der Waals surface area contributed by atoms with E-state index in [0.717, 1.165) is 33.9 Å². The molecule has 39 heavy (non-hydrogen) atoms. The fourth-order valence-corrected chi connectivity index (χ4v) is 5.43. The van der Waals surface area contributed by atoms with Gasteiger partial charge < -0.3 is 15.4 Å². The highest BCUT2D eigenvalue weighted by Crippen LogP contribution is 2.33. The van der Waals surface area contributed by atoms with E-state index < -0.39 is 0 Å². The summed E-state index contributed by atoms with van der Waals surface area (Å²) in [5.74, 6) is 0.352. The van der Waals surface area contributed by atoms with E-state index in [1.165, 1.54) is 11.8 Å². The number of fused-ring (bicyclic) bond motifs is 1. The second kappa shape index (κ2) is 11.2. The number of amides is 1. The molecule has 0 unspecified atom stereocenters. The fraction of sp³-hybridized carbons (Fsp3) is 0.156. The molecule has 3 aromatic carbocycles. The van der Waals surface area contributed by atoms with Gasteiger partial charge in [-0.1, -0.05) is 36.0 Å². The minimum absolute atomic E-state index is 0.129. The zero-order valence-corrected chi connectivity index (χ0v) is 22.8. The number of hydrogen-bond donors (Lipinski definition) is 2. The van der Waals surface area contributed by atoms with Crippen LogP contribution in [-0.4, -0.2) is 29.3 Å². The Bertz CT molecular complexity index is 1550. The van der Waals surface area contributed by atoms with Crippen LogP contribution >= 0.6 is 11.8 Å². The van der Waals surface area contributed by atoms with E-state index in [-0.39, 0.29) is 17.2 Å². The molecule has 1 amide bonds. The van der Waals surface area contributed by atoms with Crippen molar-refractivity contribution in [3.8, 4) is 5.75 Å². The maximum absolute atomic E-state index is 13.2. The third-order valence-corrected chi connectivity index (χ3v) is 7.42. The van der Waals surface area contributed by atoms with Gasteiger partial charge in [-0.3, -0.25) is 9.59 Å². The number of rotatable bonds is 7. The van der Waals surface area contributed by atoms with Gasteiger partial charge >= 0.3 is 0 Å². The summed E-state index contributed by atoms with van der Waals surface area (Å²) in [5, 5.41) is 7.05. The van der Waals surface area contributed by atoms with Crippen molar-refractivity contribution in [3.05, 3.63) is 119 Å². The van der Waals surface area contributed by atoms with Gasteiger partial charge in [0.25, 0.3) is 5.91 Å². The molecule has 0 bridgehead atoms. The molecular formula is C32H29N3O3S. The number of aromatic nitrogens is 1. The Hall–Kier alpha value is -4.36. The van der Waals surface area contributed by atoms with Crippen molar-refractivity contribution in [1.29, 1.82) is 0 Å². The fourth-order valence-electron chi connectivity index (χ4n) is 4.53. The van der Waals surface area contributed by atoms with Crippen LogP contribution in [0, 0.1) is 0 Å². The molecule has 0 radical (unpaired) electrons. The summed E-state index contributed by atoms with van der Waals surface area (Å²) >= 11 is 1.44. The lowest BCUT2D eigenvalue weighted by Gasteiger charge is -2.35. The second-order valence-corrected chi connectivity index (χ2v) is 11.0. The van der Waals surface area contributed by atoms with Gasteiger partial charge in [-0.2, -0.15) is 0 Å². The number of allylic oxidation sites excluding steroid dienone is 1. The number of benzene rings is 3. The lowest BCUT2D eigenvalue weighted by Crippen LogP contribution is -2.43. The highest BCUT2D eigenvalue weighted by atomic mass is 32.2. The van der Waals surface area contributed by atoms with Gasteiger partial charge in [0.2, 0.25) is 0 Å². The molecule has 0 aliphatic carbocycles. The minimum atomic E-state index is -0.262. The number of carbonyl (C=O) groups excluding carboxylic acids is 2. The van der Waals surface area contributed by atoms with Crippen LogP contribution < -0.4 is 15.4 Å². The first-order valence-electron chi connectivity index (χ1n) is 12.6. The van der Waals surface area contributed by atoms with Crippen LogP contribution in [0.2, 0.25) is 0 Å². The quantitative estimate of drug-likeness (QED) is 0.204. The molecule has 7 heteroatoms. The summed E-state index contributed by atoms with van der Waals surface area (Å²) in [5.41, 5.74) is 4.31. The Balaban J connectivity index is 1.32. The van der Waals surface area contributed by atoms with Crippen molar-refractivity contribution in [2.45, 2.75) is 35.7 Å². The summed E-state index contributed by atoms with van der Waals surface area (Å²) in [7, 11) is 1.63. The molecule has 0 fully saturated rings. The number of carbonyl (C=O) groups is 2. The number of nitrogens with zero attached hydrogens (tertiary/aromatic N) is 1. The van der Waals surface area contributed by atoms with Crippen LogP contribution in [0.3, 0.4) is 0 Å². The lowest BCUT2D eigenvalue weighted by atomic mass is 9.85. The van der Waals surface area contributed by atoms with Crippen LogP contribution in [0.1, 0.15) is 45.7 Å². The molecule has 1 aliphatic heterocycles. The Morgan fingerprint density at radius 1 is 1.00 bits per heavy atom. The number of hydrogen-bond acceptors (Lipinski definition) is 6. The van der Waals surface area contributed by atoms with Gasteiger partial charge in [0.05, 0.1) is 12.7 Å². The average molecular weight is 536 g/mol. The molecule has 0 spiro atoms. The monoisotopic (exact) mass is 535 g/mol. The molecule has 5 rings (SSSR count). The lowest BCUT2D eigenvalue weighted by molar-refractivity contribution is 0.102. The Kier molecular flexibility index (Phi) is 7.52. The van der Waals surface area contributed by atoms with Gasteiger partial charge in [0, 0.05) is 45.2 Å². The van der Waals surface area contributed by atoms with Crippen molar-refractivity contribution in [2.75, 3.05) is 12.4 Å². The average Bonchev–Trinajstić information content (AvgIpc) is 2.93. The van der Waals surface area contributed by atoms with Crippen molar-refractivity contribution < 1.29 is 14.3 Å². The predicted molar refractivity (Wildman–Crippen MR) is 155 cm³/mol. The maximum Gasteiger partial charge on any atom is 0.258 e. The number of pyridine rings is 1. The Labute approximate surface area is 232 Å². The summed E-state index contributed by atoms with van der Waals surface area (Å²) in [4.78, 5) is 31.7. The standard InChI is InChI=1S/C32H29N3O3S/c1-32(2)20-22-13-16-24(38-3)18-27(22)28(35-32)19-29(36)21-11-14-23(15-12-21)34-30(37)26-10-7-17-33-31(26)39-25-8-5-4-6-9-25/h4-19,35H,20H2,1-3H3,(H,34,37). The first kappa shape index (κ1) is 26.3.